The van der Waals surface area contributed by atoms with Gasteiger partial charge in [-0.05, 0) is 71.8 Å². The largest absolute Gasteiger partial charge is 0.483 e. The number of amides is 2. The molecule has 1 fully saturated rings. The average molecular weight is 515 g/mol. The molecule has 3 rings (SSSR count). The molecule has 1 N–H and O–H groups in total. The monoisotopic (exact) mass is 514 g/mol. The summed E-state index contributed by atoms with van der Waals surface area (Å²) in [5.41, 5.74) is 3.33. The zero-order valence-electron chi connectivity index (χ0n) is 20.1. The van der Waals surface area contributed by atoms with Crippen molar-refractivity contribution in [3.8, 4) is 5.75 Å². The van der Waals surface area contributed by atoms with Crippen LogP contribution in [0.4, 0.5) is 0 Å². The molecule has 178 valence electrons. The fourth-order valence-corrected chi connectivity index (χ4v) is 4.59. The van der Waals surface area contributed by atoms with Gasteiger partial charge < -0.3 is 15.0 Å². The van der Waals surface area contributed by atoms with E-state index in [9.17, 15) is 9.59 Å². The number of halogens is 1. The molecular formula is C27H35BrN2O3. The average Bonchev–Trinajstić information content (AvgIpc) is 3.30. The van der Waals surface area contributed by atoms with Crippen molar-refractivity contribution in [3.05, 3.63) is 63.6 Å². The highest BCUT2D eigenvalue weighted by molar-refractivity contribution is 9.10. The number of nitrogens with zero attached hydrogens (tertiary/aromatic N) is 1. The minimum Gasteiger partial charge on any atom is -0.483 e. The van der Waals surface area contributed by atoms with Crippen LogP contribution in [0.5, 0.6) is 5.75 Å². The molecular weight excluding hydrogens is 480 g/mol. The number of carbonyl (C=O) groups is 2. The minimum absolute atomic E-state index is 0.107. The standard InChI is InChI=1S/C27H35BrN2O3/c1-18(2)22-13-14-25(24(28)15-22)33-17-26(31)30(16-21-11-9-19(3)10-12-21)20(4)27(32)29-23-7-5-6-8-23/h9-15,18,20,23H,5-8,16-17H2,1-4H3,(H,29,32)/t20-/m0/s1. The van der Waals surface area contributed by atoms with E-state index in [-0.39, 0.29) is 24.5 Å². The Morgan fingerprint density at radius 1 is 1.09 bits per heavy atom. The van der Waals surface area contributed by atoms with Gasteiger partial charge in [0.05, 0.1) is 4.47 Å². The highest BCUT2D eigenvalue weighted by Gasteiger charge is 2.28. The van der Waals surface area contributed by atoms with Gasteiger partial charge in [0.25, 0.3) is 5.91 Å². The summed E-state index contributed by atoms with van der Waals surface area (Å²) in [5, 5.41) is 3.13. The lowest BCUT2D eigenvalue weighted by Gasteiger charge is -2.29. The molecule has 5 nitrogen and oxygen atoms in total. The highest BCUT2D eigenvalue weighted by Crippen LogP contribution is 2.29. The number of nitrogens with one attached hydrogen (secondary N) is 1. The van der Waals surface area contributed by atoms with Gasteiger partial charge in [-0.25, -0.2) is 0 Å². The van der Waals surface area contributed by atoms with Gasteiger partial charge in [0.15, 0.2) is 6.61 Å². The number of carbonyl (C=O) groups excluding carboxylic acids is 2. The van der Waals surface area contributed by atoms with Crippen molar-refractivity contribution in [1.82, 2.24) is 10.2 Å². The van der Waals surface area contributed by atoms with Crippen molar-refractivity contribution < 1.29 is 14.3 Å². The molecule has 6 heteroatoms. The maximum Gasteiger partial charge on any atom is 0.261 e. The second-order valence-corrected chi connectivity index (χ2v) is 10.2. The Hall–Kier alpha value is -2.34. The van der Waals surface area contributed by atoms with Gasteiger partial charge in [-0.2, -0.15) is 0 Å². The maximum absolute atomic E-state index is 13.3. The zero-order valence-corrected chi connectivity index (χ0v) is 21.7. The van der Waals surface area contributed by atoms with Gasteiger partial charge in [-0.1, -0.05) is 62.6 Å². The minimum atomic E-state index is -0.588. The van der Waals surface area contributed by atoms with Crippen LogP contribution in [0.15, 0.2) is 46.9 Å². The number of ether oxygens (including phenoxy) is 1. The normalized spacial score (nSPS) is 14.8. The lowest BCUT2D eigenvalue weighted by molar-refractivity contribution is -0.142. The summed E-state index contributed by atoms with van der Waals surface area (Å²) in [6.45, 7) is 8.31. The predicted molar refractivity (Wildman–Crippen MR) is 135 cm³/mol. The Morgan fingerprint density at radius 2 is 1.76 bits per heavy atom. The van der Waals surface area contributed by atoms with E-state index in [2.05, 4.69) is 35.1 Å². The van der Waals surface area contributed by atoms with Gasteiger partial charge in [-0.15, -0.1) is 0 Å². The third-order valence-electron chi connectivity index (χ3n) is 6.32. The molecule has 0 saturated heterocycles. The van der Waals surface area contributed by atoms with Gasteiger partial charge in [0.1, 0.15) is 11.8 Å². The van der Waals surface area contributed by atoms with E-state index in [0.29, 0.717) is 18.2 Å². The number of hydrogen-bond donors (Lipinski definition) is 1. The summed E-state index contributed by atoms with van der Waals surface area (Å²) in [4.78, 5) is 27.8. The maximum atomic E-state index is 13.3. The Balaban J connectivity index is 1.72. The zero-order chi connectivity index (χ0) is 24.0. The molecule has 2 amide bonds. The van der Waals surface area contributed by atoms with Crippen LogP contribution in [-0.4, -0.2) is 35.4 Å². The smallest absolute Gasteiger partial charge is 0.261 e. The molecule has 0 unspecified atom stereocenters. The summed E-state index contributed by atoms with van der Waals surface area (Å²) >= 11 is 3.55. The first-order chi connectivity index (χ1) is 15.7. The van der Waals surface area contributed by atoms with Crippen LogP contribution < -0.4 is 10.1 Å². The van der Waals surface area contributed by atoms with E-state index in [1.165, 1.54) is 5.56 Å². The number of rotatable bonds is 9. The molecule has 2 aromatic rings. The topological polar surface area (TPSA) is 58.6 Å². The fourth-order valence-electron chi connectivity index (χ4n) is 4.08. The van der Waals surface area contributed by atoms with Gasteiger partial charge >= 0.3 is 0 Å². The predicted octanol–water partition coefficient (Wildman–Crippen LogP) is 5.74. The van der Waals surface area contributed by atoms with E-state index in [0.717, 1.165) is 41.3 Å². The third kappa shape index (κ3) is 7.07. The first-order valence-electron chi connectivity index (χ1n) is 11.8. The van der Waals surface area contributed by atoms with Crippen molar-refractivity contribution in [2.75, 3.05) is 6.61 Å². The Kier molecular flexibility index (Phi) is 8.95. The second kappa shape index (κ2) is 11.7. The van der Waals surface area contributed by atoms with Gasteiger partial charge in [-0.3, -0.25) is 9.59 Å². The lowest BCUT2D eigenvalue weighted by Crippen LogP contribution is -2.50. The van der Waals surface area contributed by atoms with Gasteiger partial charge in [0, 0.05) is 12.6 Å². The van der Waals surface area contributed by atoms with E-state index < -0.39 is 6.04 Å². The van der Waals surface area contributed by atoms with Crippen LogP contribution in [0, 0.1) is 6.92 Å². The Labute approximate surface area is 206 Å². The first kappa shape index (κ1) is 25.3. The van der Waals surface area contributed by atoms with Crippen LogP contribution in [0.25, 0.3) is 0 Å². The van der Waals surface area contributed by atoms with Crippen LogP contribution >= 0.6 is 15.9 Å². The van der Waals surface area contributed by atoms with E-state index in [1.54, 1.807) is 11.8 Å². The van der Waals surface area contributed by atoms with E-state index in [1.807, 2.05) is 49.4 Å². The number of benzene rings is 2. The van der Waals surface area contributed by atoms with Crippen molar-refractivity contribution in [2.24, 2.45) is 0 Å². The summed E-state index contributed by atoms with van der Waals surface area (Å²) in [6, 6.07) is 13.6. The van der Waals surface area contributed by atoms with Gasteiger partial charge in [0.2, 0.25) is 5.91 Å². The molecule has 2 aromatic carbocycles. The molecule has 33 heavy (non-hydrogen) atoms. The summed E-state index contributed by atoms with van der Waals surface area (Å²) in [6.07, 6.45) is 4.30. The molecule has 0 aromatic heterocycles. The number of aryl methyl sites for hydroxylation is 1. The molecule has 0 heterocycles. The van der Waals surface area contributed by atoms with Crippen LogP contribution in [0.1, 0.15) is 69.1 Å². The molecule has 0 aliphatic heterocycles. The molecule has 1 aliphatic rings. The first-order valence-corrected chi connectivity index (χ1v) is 12.6. The molecule has 1 atom stereocenters. The van der Waals surface area contributed by atoms with Crippen molar-refractivity contribution in [1.29, 1.82) is 0 Å². The van der Waals surface area contributed by atoms with Crippen molar-refractivity contribution >= 4 is 27.7 Å². The Morgan fingerprint density at radius 3 is 2.36 bits per heavy atom. The van der Waals surface area contributed by atoms with E-state index >= 15 is 0 Å². The number of hydrogen-bond acceptors (Lipinski definition) is 3. The molecule has 1 saturated carbocycles. The van der Waals surface area contributed by atoms with Crippen LogP contribution in [0.2, 0.25) is 0 Å². The molecule has 0 radical (unpaired) electrons. The molecule has 0 spiro atoms. The highest BCUT2D eigenvalue weighted by atomic mass is 79.9. The molecule has 1 aliphatic carbocycles. The van der Waals surface area contributed by atoms with Crippen LogP contribution in [0.3, 0.4) is 0 Å². The third-order valence-corrected chi connectivity index (χ3v) is 6.94. The SMILES string of the molecule is Cc1ccc(CN(C(=O)COc2ccc(C(C)C)cc2Br)[C@@H](C)C(=O)NC2CCCC2)cc1. The summed E-state index contributed by atoms with van der Waals surface area (Å²) < 4.78 is 6.68. The second-order valence-electron chi connectivity index (χ2n) is 9.31. The summed E-state index contributed by atoms with van der Waals surface area (Å²) in [7, 11) is 0. The summed E-state index contributed by atoms with van der Waals surface area (Å²) in [5.74, 6) is 0.696. The van der Waals surface area contributed by atoms with E-state index in [4.69, 9.17) is 4.74 Å². The lowest BCUT2D eigenvalue weighted by atomic mass is 10.0. The van der Waals surface area contributed by atoms with Crippen molar-refractivity contribution in [2.45, 2.75) is 77.9 Å². The van der Waals surface area contributed by atoms with Crippen molar-refractivity contribution in [3.63, 3.8) is 0 Å². The quantitative estimate of drug-likeness (QED) is 0.464. The Bertz CT molecular complexity index is 952. The van der Waals surface area contributed by atoms with Crippen LogP contribution in [-0.2, 0) is 16.1 Å². The fraction of sp³-hybridized carbons (Fsp3) is 0.481. The molecule has 0 bridgehead atoms.